The van der Waals surface area contributed by atoms with Gasteiger partial charge in [0.2, 0.25) is 5.91 Å². The largest absolute Gasteiger partial charge is 0.466 e. The summed E-state index contributed by atoms with van der Waals surface area (Å²) >= 11 is 0. The van der Waals surface area contributed by atoms with Crippen LogP contribution in [-0.4, -0.2) is 47.4 Å². The van der Waals surface area contributed by atoms with E-state index in [4.69, 9.17) is 4.74 Å². The molecule has 0 aliphatic carbocycles. The van der Waals surface area contributed by atoms with E-state index < -0.39 is 12.1 Å². The predicted octanol–water partition coefficient (Wildman–Crippen LogP) is 20.7. The van der Waals surface area contributed by atoms with Gasteiger partial charge in [0.15, 0.2) is 0 Å². The van der Waals surface area contributed by atoms with Crippen molar-refractivity contribution in [1.29, 1.82) is 0 Å². The molecule has 0 aromatic carbocycles. The number of ether oxygens (including phenoxy) is 1. The van der Waals surface area contributed by atoms with E-state index in [0.717, 1.165) is 96.3 Å². The van der Waals surface area contributed by atoms with E-state index >= 15 is 0 Å². The van der Waals surface area contributed by atoms with E-state index in [9.17, 15) is 19.8 Å². The first-order valence-electron chi connectivity index (χ1n) is 32.6. The molecule has 0 bridgehead atoms. The first-order chi connectivity index (χ1) is 36.5. The van der Waals surface area contributed by atoms with Crippen LogP contribution in [0.2, 0.25) is 0 Å². The Morgan fingerprint density at radius 1 is 0.378 bits per heavy atom. The van der Waals surface area contributed by atoms with Gasteiger partial charge in [-0.25, -0.2) is 0 Å². The lowest BCUT2D eigenvalue weighted by Crippen LogP contribution is -2.45. The maximum Gasteiger partial charge on any atom is 0.305 e. The molecule has 0 saturated heterocycles. The highest BCUT2D eigenvalue weighted by Crippen LogP contribution is 2.17. The smallest absolute Gasteiger partial charge is 0.305 e. The zero-order chi connectivity index (χ0) is 53.6. The van der Waals surface area contributed by atoms with Crippen molar-refractivity contribution < 1.29 is 24.5 Å². The van der Waals surface area contributed by atoms with Gasteiger partial charge in [-0.2, -0.15) is 0 Å². The Balaban J connectivity index is 3.53. The van der Waals surface area contributed by atoms with Crippen LogP contribution in [0.4, 0.5) is 0 Å². The molecular weight excluding hydrogens is 911 g/mol. The Hall–Kier alpha value is -2.44. The van der Waals surface area contributed by atoms with Crippen molar-refractivity contribution in [3.63, 3.8) is 0 Å². The molecule has 6 heteroatoms. The summed E-state index contributed by atoms with van der Waals surface area (Å²) in [6.07, 6.45) is 82.7. The summed E-state index contributed by atoms with van der Waals surface area (Å²) in [4.78, 5) is 24.6. The number of aliphatic hydroxyl groups is 2. The summed E-state index contributed by atoms with van der Waals surface area (Å²) in [5.41, 5.74) is 0. The van der Waals surface area contributed by atoms with Gasteiger partial charge in [-0.3, -0.25) is 9.59 Å². The highest BCUT2D eigenvalue weighted by atomic mass is 16.5. The van der Waals surface area contributed by atoms with Gasteiger partial charge in [0, 0.05) is 12.8 Å². The van der Waals surface area contributed by atoms with Crippen LogP contribution < -0.4 is 5.32 Å². The number of hydrogen-bond acceptors (Lipinski definition) is 5. The maximum atomic E-state index is 12.5. The second kappa shape index (κ2) is 63.1. The van der Waals surface area contributed by atoms with Crippen LogP contribution in [-0.2, 0) is 14.3 Å². The molecule has 0 heterocycles. The minimum Gasteiger partial charge on any atom is -0.466 e. The number of amides is 1. The molecule has 0 saturated carbocycles. The third kappa shape index (κ3) is 58.8. The maximum absolute atomic E-state index is 12.5. The van der Waals surface area contributed by atoms with E-state index in [1.54, 1.807) is 6.08 Å². The third-order valence-electron chi connectivity index (χ3n) is 14.8. The topological polar surface area (TPSA) is 95.9 Å². The van der Waals surface area contributed by atoms with Crippen molar-refractivity contribution in [2.75, 3.05) is 13.2 Å². The average molecular weight is 1040 g/mol. The second-order valence-electron chi connectivity index (χ2n) is 22.1. The summed E-state index contributed by atoms with van der Waals surface area (Å²) < 4.78 is 5.45. The van der Waals surface area contributed by atoms with Gasteiger partial charge in [0.1, 0.15) is 0 Å². The zero-order valence-corrected chi connectivity index (χ0v) is 49.3. The van der Waals surface area contributed by atoms with Crippen molar-refractivity contribution in [2.45, 2.75) is 347 Å². The van der Waals surface area contributed by atoms with E-state index in [1.165, 1.54) is 212 Å². The molecule has 3 N–H and O–H groups in total. The minimum atomic E-state index is -0.859. The Morgan fingerprint density at radius 3 is 1.05 bits per heavy atom. The number of rotatable bonds is 60. The summed E-state index contributed by atoms with van der Waals surface area (Å²) in [6.45, 7) is 4.84. The number of carbonyl (C=O) groups is 2. The fourth-order valence-electron chi connectivity index (χ4n) is 9.75. The summed E-state index contributed by atoms with van der Waals surface area (Å²) in [7, 11) is 0. The number of esters is 1. The van der Waals surface area contributed by atoms with E-state index in [-0.39, 0.29) is 18.5 Å². The quantitative estimate of drug-likeness (QED) is 0.0320. The lowest BCUT2D eigenvalue weighted by atomic mass is 10.0. The number of nitrogens with one attached hydrogen (secondary N) is 1. The van der Waals surface area contributed by atoms with Gasteiger partial charge in [0.25, 0.3) is 0 Å². The molecule has 0 fully saturated rings. The lowest BCUT2D eigenvalue weighted by Gasteiger charge is -2.20. The Bertz CT molecular complexity index is 1290. The normalized spacial score (nSPS) is 13.0. The minimum absolute atomic E-state index is 0.0305. The molecule has 1 amide bonds. The molecule has 0 aromatic heterocycles. The number of unbranched alkanes of at least 4 members (excludes halogenated alkanes) is 41. The third-order valence-corrected chi connectivity index (χ3v) is 14.8. The van der Waals surface area contributed by atoms with Crippen LogP contribution in [0.3, 0.4) is 0 Å². The molecule has 0 aliphatic rings. The first kappa shape index (κ1) is 71.6. The number of aliphatic hydroxyl groups excluding tert-OH is 2. The van der Waals surface area contributed by atoms with Gasteiger partial charge >= 0.3 is 5.97 Å². The van der Waals surface area contributed by atoms with Crippen LogP contribution in [0, 0.1) is 0 Å². The second-order valence-corrected chi connectivity index (χ2v) is 22.1. The molecule has 0 aliphatic heterocycles. The summed E-state index contributed by atoms with van der Waals surface area (Å²) in [5.74, 6) is -0.113. The SMILES string of the molecule is CCCCC/C=C\C/C=C\CCCCCCCC(=O)OCCCCC/C=C\C/C=C\CCCCCCCCCC(=O)NC(CO)C(O)/C=C/CCCCCCCCCCCCCCCCCCCCCCCCC. The van der Waals surface area contributed by atoms with Crippen LogP contribution in [0.25, 0.3) is 0 Å². The predicted molar refractivity (Wildman–Crippen MR) is 324 cm³/mol. The highest BCUT2D eigenvalue weighted by molar-refractivity contribution is 5.76. The zero-order valence-electron chi connectivity index (χ0n) is 49.3. The Morgan fingerprint density at radius 2 is 0.676 bits per heavy atom. The standard InChI is InChI=1S/C68H125NO5/c1-3-5-7-9-11-13-15-17-19-20-21-22-23-24-25-26-27-29-33-36-40-44-48-52-56-60-66(71)65(64-70)69-67(72)61-57-53-49-45-41-37-34-30-28-31-35-39-43-47-51-55-59-63-74-68(73)62-58-54-50-46-42-38-32-18-16-14-12-10-8-6-4-2/h12,14,18,28,31-32,39,43,56,60,65-66,70-71H,3-11,13,15-17,19-27,29-30,33-38,40-42,44-55,57-59,61-64H2,1-2H3,(H,69,72)/b14-12-,31-28-,32-18-,43-39-,60-56+. The molecule has 6 nitrogen and oxygen atoms in total. The van der Waals surface area contributed by atoms with Gasteiger partial charge < -0.3 is 20.3 Å². The van der Waals surface area contributed by atoms with Gasteiger partial charge in [-0.05, 0) is 103 Å². The molecule has 0 spiro atoms. The summed E-state index contributed by atoms with van der Waals surface area (Å²) in [6, 6.07) is -0.643. The van der Waals surface area contributed by atoms with E-state index in [1.807, 2.05) is 6.08 Å². The van der Waals surface area contributed by atoms with Crippen molar-refractivity contribution in [3.05, 3.63) is 60.8 Å². The molecule has 2 atom stereocenters. The number of allylic oxidation sites excluding steroid dienone is 9. The monoisotopic (exact) mass is 1040 g/mol. The molecule has 74 heavy (non-hydrogen) atoms. The Labute approximate surface area is 460 Å². The molecular formula is C68H125NO5. The lowest BCUT2D eigenvalue weighted by molar-refractivity contribution is -0.143. The van der Waals surface area contributed by atoms with E-state index in [2.05, 4.69) is 67.8 Å². The van der Waals surface area contributed by atoms with Crippen LogP contribution in [0.1, 0.15) is 335 Å². The number of carbonyl (C=O) groups excluding carboxylic acids is 2. The van der Waals surface area contributed by atoms with E-state index in [0.29, 0.717) is 19.4 Å². The van der Waals surface area contributed by atoms with Crippen molar-refractivity contribution in [3.8, 4) is 0 Å². The fourth-order valence-corrected chi connectivity index (χ4v) is 9.75. The molecule has 2 unspecified atom stereocenters. The van der Waals surface area contributed by atoms with Crippen LogP contribution in [0.5, 0.6) is 0 Å². The summed E-state index contributed by atoms with van der Waals surface area (Å²) in [5, 5.41) is 23.2. The van der Waals surface area contributed by atoms with Crippen LogP contribution in [0.15, 0.2) is 60.8 Å². The van der Waals surface area contributed by atoms with Gasteiger partial charge in [-0.15, -0.1) is 0 Å². The molecule has 0 radical (unpaired) electrons. The first-order valence-corrected chi connectivity index (χ1v) is 32.6. The van der Waals surface area contributed by atoms with Gasteiger partial charge in [-0.1, -0.05) is 280 Å². The van der Waals surface area contributed by atoms with Crippen molar-refractivity contribution >= 4 is 11.9 Å². The highest BCUT2D eigenvalue weighted by Gasteiger charge is 2.18. The molecule has 432 valence electrons. The fraction of sp³-hybridized carbons (Fsp3) is 0.824. The molecule has 0 aromatic rings. The Kier molecular flexibility index (Phi) is 61.0. The number of hydrogen-bond donors (Lipinski definition) is 3. The average Bonchev–Trinajstić information content (AvgIpc) is 3.40. The van der Waals surface area contributed by atoms with Crippen molar-refractivity contribution in [2.24, 2.45) is 0 Å². The van der Waals surface area contributed by atoms with Crippen LogP contribution >= 0.6 is 0 Å². The van der Waals surface area contributed by atoms with Gasteiger partial charge in [0.05, 0.1) is 25.4 Å². The molecule has 0 rings (SSSR count). The van der Waals surface area contributed by atoms with Crippen molar-refractivity contribution in [1.82, 2.24) is 5.32 Å².